The van der Waals surface area contributed by atoms with E-state index in [0.29, 0.717) is 12.3 Å². The summed E-state index contributed by atoms with van der Waals surface area (Å²) in [4.78, 5) is 45.8. The van der Waals surface area contributed by atoms with Gasteiger partial charge in [-0.15, -0.1) is 0 Å². The molecule has 0 unspecified atom stereocenters. The lowest BCUT2D eigenvalue weighted by Crippen LogP contribution is -2.47. The van der Waals surface area contributed by atoms with Gasteiger partial charge in [-0.1, -0.05) is 12.2 Å². The van der Waals surface area contributed by atoms with Crippen LogP contribution in [0.3, 0.4) is 0 Å². The quantitative estimate of drug-likeness (QED) is 0.589. The molecule has 2 amide bonds. The van der Waals surface area contributed by atoms with Gasteiger partial charge in [0.25, 0.3) is 0 Å². The first-order chi connectivity index (χ1) is 10.6. The van der Waals surface area contributed by atoms with Gasteiger partial charge in [-0.3, -0.25) is 19.5 Å². The molecule has 1 saturated heterocycles. The Kier molecular flexibility index (Phi) is 2.79. The zero-order valence-corrected chi connectivity index (χ0v) is 11.8. The second-order valence-electron chi connectivity index (χ2n) is 6.26. The van der Waals surface area contributed by atoms with Gasteiger partial charge >= 0.3 is 5.97 Å². The molecule has 0 aromatic rings. The number of imide groups is 1. The van der Waals surface area contributed by atoms with Gasteiger partial charge in [0.05, 0.1) is 18.4 Å². The van der Waals surface area contributed by atoms with Gasteiger partial charge < -0.3 is 5.11 Å². The average molecular weight is 301 g/mol. The summed E-state index contributed by atoms with van der Waals surface area (Å²) >= 11 is 0. The van der Waals surface area contributed by atoms with Crippen molar-refractivity contribution in [2.45, 2.75) is 18.9 Å². The van der Waals surface area contributed by atoms with Crippen LogP contribution in [0.15, 0.2) is 22.1 Å². The molecule has 0 radical (unpaired) electrons. The highest BCUT2D eigenvalue weighted by Gasteiger charge is 2.61. The van der Waals surface area contributed by atoms with Crippen molar-refractivity contribution in [1.29, 1.82) is 0 Å². The van der Waals surface area contributed by atoms with E-state index in [-0.39, 0.29) is 41.9 Å². The van der Waals surface area contributed by atoms with Crippen molar-refractivity contribution in [3.05, 3.63) is 12.2 Å². The maximum atomic E-state index is 12.6. The van der Waals surface area contributed by atoms with Crippen LogP contribution in [-0.2, 0) is 14.4 Å². The number of allylic oxidation sites excluding steroid dienone is 2. The van der Waals surface area contributed by atoms with E-state index in [1.807, 2.05) is 12.2 Å². The third kappa shape index (κ3) is 1.71. The molecule has 5 atom stereocenters. The fourth-order valence-electron chi connectivity index (χ4n) is 4.17. The molecule has 7 nitrogen and oxygen atoms in total. The summed E-state index contributed by atoms with van der Waals surface area (Å²) in [5.74, 6) is -2.41. The van der Waals surface area contributed by atoms with Crippen molar-refractivity contribution in [1.82, 2.24) is 4.90 Å². The smallest absolute Gasteiger partial charge is 0.327 e. The predicted octanol–water partition coefficient (Wildman–Crippen LogP) is 0.120. The van der Waals surface area contributed by atoms with E-state index in [9.17, 15) is 19.5 Å². The fourth-order valence-corrected chi connectivity index (χ4v) is 4.17. The van der Waals surface area contributed by atoms with Crippen molar-refractivity contribution in [3.8, 4) is 0 Å². The lowest BCUT2D eigenvalue weighted by Gasteiger charge is -2.24. The lowest BCUT2D eigenvalue weighted by molar-refractivity contribution is -0.155. The van der Waals surface area contributed by atoms with Gasteiger partial charge in [-0.2, -0.15) is 0 Å². The SMILES string of the molecule is O=C(O)[C@@H](CC1=NC=NC1)N1C(=O)[C@@H]2[C@H](C1=O)[C@H]1C=C[C@H]2C1. The number of likely N-dealkylation sites (tertiary alicyclic amines) is 1. The van der Waals surface area contributed by atoms with Crippen LogP contribution in [0.25, 0.3) is 0 Å². The highest BCUT2D eigenvalue weighted by atomic mass is 16.4. The van der Waals surface area contributed by atoms with Crippen molar-refractivity contribution >= 4 is 29.8 Å². The topological polar surface area (TPSA) is 99.4 Å². The maximum Gasteiger partial charge on any atom is 0.327 e. The van der Waals surface area contributed by atoms with Gasteiger partial charge in [0.15, 0.2) is 0 Å². The van der Waals surface area contributed by atoms with Crippen LogP contribution in [0.1, 0.15) is 12.8 Å². The standard InChI is InChI=1S/C15H15N3O4/c19-13-11-7-1-2-8(3-7)12(11)14(20)18(13)10(15(21)22)4-9-5-16-6-17-9/h1-2,6-8,10-12H,3-5H2,(H,21,22)/t7-,8-,10+,11-,12+/m0/s1. The molecule has 22 heavy (non-hydrogen) atoms. The summed E-state index contributed by atoms with van der Waals surface area (Å²) in [6.07, 6.45) is 6.24. The highest BCUT2D eigenvalue weighted by Crippen LogP contribution is 2.52. The molecule has 2 aliphatic carbocycles. The van der Waals surface area contributed by atoms with Crippen LogP contribution in [0.5, 0.6) is 0 Å². The molecule has 4 aliphatic rings. The fraction of sp³-hybridized carbons (Fsp3) is 0.533. The van der Waals surface area contributed by atoms with Crippen LogP contribution in [-0.4, -0.2) is 52.4 Å². The number of hydrogen-bond acceptors (Lipinski definition) is 5. The van der Waals surface area contributed by atoms with Gasteiger partial charge in [0, 0.05) is 12.1 Å². The number of aliphatic carboxylic acids is 1. The van der Waals surface area contributed by atoms with Gasteiger partial charge in [0.1, 0.15) is 12.4 Å². The molecule has 2 heterocycles. The molecule has 1 N–H and O–H groups in total. The molecular formula is C15H15N3O4. The zero-order chi connectivity index (χ0) is 15.4. The Morgan fingerprint density at radius 1 is 1.27 bits per heavy atom. The normalized spacial score (nSPS) is 36.2. The van der Waals surface area contributed by atoms with E-state index >= 15 is 0 Å². The molecule has 1 saturated carbocycles. The molecule has 7 heteroatoms. The Morgan fingerprint density at radius 2 is 1.91 bits per heavy atom. The Bertz CT molecular complexity index is 636. The van der Waals surface area contributed by atoms with E-state index in [1.165, 1.54) is 6.34 Å². The van der Waals surface area contributed by atoms with Crippen LogP contribution < -0.4 is 0 Å². The van der Waals surface area contributed by atoms with Crippen LogP contribution >= 0.6 is 0 Å². The number of hydrogen-bond donors (Lipinski definition) is 1. The van der Waals surface area contributed by atoms with E-state index in [0.717, 1.165) is 11.3 Å². The predicted molar refractivity (Wildman–Crippen MR) is 76.4 cm³/mol. The first-order valence-electron chi connectivity index (χ1n) is 7.40. The summed E-state index contributed by atoms with van der Waals surface area (Å²) in [5.41, 5.74) is 0.589. The molecule has 4 rings (SSSR count). The highest BCUT2D eigenvalue weighted by molar-refractivity contribution is 6.10. The number of amides is 2. The van der Waals surface area contributed by atoms with E-state index in [4.69, 9.17) is 0 Å². The third-order valence-corrected chi connectivity index (χ3v) is 5.13. The summed E-state index contributed by atoms with van der Waals surface area (Å²) in [5, 5.41) is 9.48. The first kappa shape index (κ1) is 13.4. The second kappa shape index (κ2) is 4.59. The van der Waals surface area contributed by atoms with E-state index < -0.39 is 12.0 Å². The summed E-state index contributed by atoms with van der Waals surface area (Å²) in [7, 11) is 0. The minimum atomic E-state index is -1.18. The number of fused-ring (bicyclic) bond motifs is 5. The number of rotatable bonds is 4. The monoisotopic (exact) mass is 301 g/mol. The third-order valence-electron chi connectivity index (χ3n) is 5.13. The first-order valence-corrected chi connectivity index (χ1v) is 7.40. The Hall–Kier alpha value is -2.31. The van der Waals surface area contributed by atoms with E-state index in [2.05, 4.69) is 9.98 Å². The van der Waals surface area contributed by atoms with Crippen molar-refractivity contribution in [2.24, 2.45) is 33.7 Å². The maximum absolute atomic E-state index is 12.6. The second-order valence-corrected chi connectivity index (χ2v) is 6.26. The molecule has 2 bridgehead atoms. The van der Waals surface area contributed by atoms with E-state index in [1.54, 1.807) is 0 Å². The molecule has 0 aromatic heterocycles. The van der Waals surface area contributed by atoms with Gasteiger partial charge in [-0.05, 0) is 18.3 Å². The Balaban J connectivity index is 1.62. The van der Waals surface area contributed by atoms with Crippen LogP contribution in [0, 0.1) is 23.7 Å². The van der Waals surface area contributed by atoms with Crippen molar-refractivity contribution < 1.29 is 19.5 Å². The molecular weight excluding hydrogens is 286 g/mol. The number of carboxylic acids is 1. The van der Waals surface area contributed by atoms with Gasteiger partial charge in [-0.25, -0.2) is 9.79 Å². The molecule has 0 aromatic carbocycles. The van der Waals surface area contributed by atoms with Crippen LogP contribution in [0.4, 0.5) is 0 Å². The Labute approximate surface area is 126 Å². The lowest BCUT2D eigenvalue weighted by atomic mass is 9.85. The molecule has 2 aliphatic heterocycles. The summed E-state index contributed by atoms with van der Waals surface area (Å²) in [6.45, 7) is 0.333. The number of nitrogens with zero attached hydrogens (tertiary/aromatic N) is 3. The number of aliphatic imine (C=N–C) groups is 2. The van der Waals surface area contributed by atoms with Crippen LogP contribution in [0.2, 0.25) is 0 Å². The average Bonchev–Trinajstić information content (AvgIpc) is 3.23. The summed E-state index contributed by atoms with van der Waals surface area (Å²) < 4.78 is 0. The molecule has 2 fully saturated rings. The summed E-state index contributed by atoms with van der Waals surface area (Å²) in [6, 6.07) is -1.18. The largest absolute Gasteiger partial charge is 0.480 e. The number of carbonyl (C=O) groups excluding carboxylic acids is 2. The Morgan fingerprint density at radius 3 is 2.41 bits per heavy atom. The minimum Gasteiger partial charge on any atom is -0.480 e. The van der Waals surface area contributed by atoms with Crippen molar-refractivity contribution in [3.63, 3.8) is 0 Å². The molecule has 0 spiro atoms. The van der Waals surface area contributed by atoms with Gasteiger partial charge in [0.2, 0.25) is 11.8 Å². The van der Waals surface area contributed by atoms with Crippen molar-refractivity contribution in [2.75, 3.05) is 6.54 Å². The number of carbonyl (C=O) groups is 3. The minimum absolute atomic E-state index is 0.0506. The number of carboxylic acid groups (broad SMARTS) is 1. The zero-order valence-electron chi connectivity index (χ0n) is 11.8. The molecule has 114 valence electrons.